The Balaban J connectivity index is 1.76. The fraction of sp³-hybridized carbons (Fsp3) is 0.0870. The van der Waals surface area contributed by atoms with E-state index in [2.05, 4.69) is 20.5 Å². The number of carbonyl (C=O) groups excluding carboxylic acids is 1. The topological polar surface area (TPSA) is 70.7 Å². The van der Waals surface area contributed by atoms with Gasteiger partial charge >= 0.3 is 0 Å². The second kappa shape index (κ2) is 8.29. The Morgan fingerprint density at radius 3 is 2.52 bits per heavy atom. The molecule has 5 nitrogen and oxygen atoms in total. The quantitative estimate of drug-likeness (QED) is 0.473. The molecule has 0 aliphatic heterocycles. The highest BCUT2D eigenvalue weighted by atomic mass is 35.5. The van der Waals surface area contributed by atoms with Crippen molar-refractivity contribution < 1.29 is 4.79 Å². The first-order chi connectivity index (χ1) is 14.1. The average molecular weight is 403 g/mol. The van der Waals surface area contributed by atoms with E-state index in [0.29, 0.717) is 11.4 Å². The van der Waals surface area contributed by atoms with E-state index >= 15 is 0 Å². The fourth-order valence-corrected chi connectivity index (χ4v) is 3.44. The van der Waals surface area contributed by atoms with Gasteiger partial charge < -0.3 is 5.32 Å². The second-order valence-corrected chi connectivity index (χ2v) is 7.16. The lowest BCUT2D eigenvalue weighted by Gasteiger charge is -2.08. The van der Waals surface area contributed by atoms with Crippen molar-refractivity contribution in [1.29, 1.82) is 0 Å². The SMILES string of the molecule is CC(=O)Nc1cccc(Cc2[nH]nc(-c3ccc(Cl)cc3)c2-c2ccncc2)c1. The highest BCUT2D eigenvalue weighted by Gasteiger charge is 2.17. The predicted octanol–water partition coefficient (Wildman–Crippen LogP) is 5.34. The van der Waals surface area contributed by atoms with Gasteiger partial charge in [-0.15, -0.1) is 0 Å². The van der Waals surface area contributed by atoms with Gasteiger partial charge in [-0.1, -0.05) is 35.9 Å². The molecule has 0 unspecified atom stereocenters. The van der Waals surface area contributed by atoms with E-state index in [1.54, 1.807) is 12.4 Å². The van der Waals surface area contributed by atoms with Gasteiger partial charge in [0.2, 0.25) is 5.91 Å². The molecule has 0 saturated carbocycles. The molecule has 0 aliphatic rings. The number of hydrogen-bond donors (Lipinski definition) is 2. The van der Waals surface area contributed by atoms with Gasteiger partial charge in [0, 0.05) is 53.3 Å². The Kier molecular flexibility index (Phi) is 5.40. The van der Waals surface area contributed by atoms with Crippen molar-refractivity contribution in [2.24, 2.45) is 0 Å². The molecule has 2 aromatic carbocycles. The number of nitrogens with zero attached hydrogens (tertiary/aromatic N) is 2. The number of aromatic nitrogens is 3. The number of carbonyl (C=O) groups is 1. The van der Waals surface area contributed by atoms with E-state index in [1.807, 2.05) is 60.7 Å². The molecule has 2 N–H and O–H groups in total. The highest BCUT2D eigenvalue weighted by Crippen LogP contribution is 2.34. The van der Waals surface area contributed by atoms with Gasteiger partial charge in [-0.05, 0) is 47.5 Å². The number of anilines is 1. The zero-order valence-corrected chi connectivity index (χ0v) is 16.6. The van der Waals surface area contributed by atoms with Gasteiger partial charge in [-0.3, -0.25) is 14.9 Å². The summed E-state index contributed by atoms with van der Waals surface area (Å²) in [5, 5.41) is 11.3. The highest BCUT2D eigenvalue weighted by molar-refractivity contribution is 6.30. The number of aromatic amines is 1. The summed E-state index contributed by atoms with van der Waals surface area (Å²) in [5.41, 5.74) is 6.74. The maximum Gasteiger partial charge on any atom is 0.221 e. The van der Waals surface area contributed by atoms with Gasteiger partial charge in [0.25, 0.3) is 0 Å². The van der Waals surface area contributed by atoms with Crippen LogP contribution >= 0.6 is 11.6 Å². The van der Waals surface area contributed by atoms with Crippen molar-refractivity contribution in [3.63, 3.8) is 0 Å². The number of benzene rings is 2. The maximum atomic E-state index is 11.4. The van der Waals surface area contributed by atoms with Crippen LogP contribution < -0.4 is 5.32 Å². The number of H-pyrrole nitrogens is 1. The Morgan fingerprint density at radius 1 is 1.03 bits per heavy atom. The van der Waals surface area contributed by atoms with Crippen LogP contribution in [0.3, 0.4) is 0 Å². The Labute approximate surface area is 173 Å². The number of pyridine rings is 1. The molecule has 0 atom stereocenters. The summed E-state index contributed by atoms with van der Waals surface area (Å²) in [6.07, 6.45) is 4.19. The summed E-state index contributed by atoms with van der Waals surface area (Å²) in [4.78, 5) is 15.5. The normalized spacial score (nSPS) is 10.7. The van der Waals surface area contributed by atoms with Gasteiger partial charge in [0.15, 0.2) is 0 Å². The first kappa shape index (κ1) is 18.9. The van der Waals surface area contributed by atoms with Crippen molar-refractivity contribution in [3.05, 3.63) is 89.3 Å². The number of hydrogen-bond acceptors (Lipinski definition) is 3. The molecule has 0 spiro atoms. The fourth-order valence-electron chi connectivity index (χ4n) is 3.32. The maximum absolute atomic E-state index is 11.4. The van der Waals surface area contributed by atoms with E-state index < -0.39 is 0 Å². The van der Waals surface area contributed by atoms with E-state index in [-0.39, 0.29) is 5.91 Å². The van der Waals surface area contributed by atoms with Crippen LogP contribution in [-0.4, -0.2) is 21.1 Å². The smallest absolute Gasteiger partial charge is 0.221 e. The zero-order valence-electron chi connectivity index (χ0n) is 15.8. The van der Waals surface area contributed by atoms with Crippen LogP contribution in [0.5, 0.6) is 0 Å². The third-order valence-electron chi connectivity index (χ3n) is 4.56. The van der Waals surface area contributed by atoms with Crippen molar-refractivity contribution in [3.8, 4) is 22.4 Å². The molecule has 2 aromatic heterocycles. The number of halogens is 1. The summed E-state index contributed by atoms with van der Waals surface area (Å²) < 4.78 is 0. The molecular weight excluding hydrogens is 384 g/mol. The summed E-state index contributed by atoms with van der Waals surface area (Å²) in [5.74, 6) is -0.0915. The Hall–Kier alpha value is -3.44. The second-order valence-electron chi connectivity index (χ2n) is 6.73. The molecule has 2 heterocycles. The third kappa shape index (κ3) is 4.36. The average Bonchev–Trinajstić information content (AvgIpc) is 3.12. The lowest BCUT2D eigenvalue weighted by molar-refractivity contribution is -0.114. The first-order valence-electron chi connectivity index (χ1n) is 9.20. The minimum absolute atomic E-state index is 0.0915. The largest absolute Gasteiger partial charge is 0.326 e. The molecule has 29 heavy (non-hydrogen) atoms. The molecule has 1 amide bonds. The molecule has 0 saturated heterocycles. The summed E-state index contributed by atoms with van der Waals surface area (Å²) >= 11 is 6.05. The van der Waals surface area contributed by atoms with Crippen LogP contribution in [0.25, 0.3) is 22.4 Å². The number of rotatable bonds is 5. The van der Waals surface area contributed by atoms with Crippen LogP contribution in [0.4, 0.5) is 5.69 Å². The summed E-state index contributed by atoms with van der Waals surface area (Å²) in [6.45, 7) is 1.50. The third-order valence-corrected chi connectivity index (χ3v) is 4.81. The molecular formula is C23H19ClN4O. The Morgan fingerprint density at radius 2 is 1.79 bits per heavy atom. The molecule has 4 aromatic rings. The van der Waals surface area contributed by atoms with E-state index in [9.17, 15) is 4.79 Å². The van der Waals surface area contributed by atoms with Crippen molar-refractivity contribution >= 4 is 23.2 Å². The summed E-state index contributed by atoms with van der Waals surface area (Å²) in [7, 11) is 0. The van der Waals surface area contributed by atoms with Crippen LogP contribution in [0.1, 0.15) is 18.2 Å². The van der Waals surface area contributed by atoms with Crippen molar-refractivity contribution in [2.45, 2.75) is 13.3 Å². The first-order valence-corrected chi connectivity index (χ1v) is 9.58. The molecule has 0 bridgehead atoms. The van der Waals surface area contributed by atoms with Gasteiger partial charge in [-0.25, -0.2) is 0 Å². The van der Waals surface area contributed by atoms with Crippen molar-refractivity contribution in [2.75, 3.05) is 5.32 Å². The van der Waals surface area contributed by atoms with Crippen molar-refractivity contribution in [1.82, 2.24) is 15.2 Å². The molecule has 0 fully saturated rings. The predicted molar refractivity (Wildman–Crippen MR) is 116 cm³/mol. The van der Waals surface area contributed by atoms with Crippen LogP contribution in [0.2, 0.25) is 5.02 Å². The minimum atomic E-state index is -0.0915. The number of amides is 1. The van der Waals surface area contributed by atoms with Gasteiger partial charge in [-0.2, -0.15) is 5.10 Å². The molecule has 0 aliphatic carbocycles. The zero-order chi connectivity index (χ0) is 20.2. The lowest BCUT2D eigenvalue weighted by Crippen LogP contribution is -2.06. The van der Waals surface area contributed by atoms with E-state index in [1.165, 1.54) is 6.92 Å². The van der Waals surface area contributed by atoms with E-state index in [4.69, 9.17) is 11.6 Å². The molecule has 144 valence electrons. The van der Waals surface area contributed by atoms with E-state index in [0.717, 1.165) is 39.3 Å². The minimum Gasteiger partial charge on any atom is -0.326 e. The lowest BCUT2D eigenvalue weighted by atomic mass is 9.96. The molecule has 6 heteroatoms. The van der Waals surface area contributed by atoms with Crippen LogP contribution in [0, 0.1) is 0 Å². The standard InChI is InChI=1S/C23H19ClN4O/c1-15(29)26-20-4-2-3-16(13-20)14-21-22(17-9-11-25-12-10-17)23(28-27-21)18-5-7-19(24)8-6-18/h2-13H,14H2,1H3,(H,26,29)(H,27,28). The molecule has 0 radical (unpaired) electrons. The monoisotopic (exact) mass is 402 g/mol. The number of nitrogens with one attached hydrogen (secondary N) is 2. The Bertz CT molecular complexity index is 1140. The van der Waals surface area contributed by atoms with Crippen LogP contribution in [-0.2, 0) is 11.2 Å². The molecule has 4 rings (SSSR count). The van der Waals surface area contributed by atoms with Gasteiger partial charge in [0.1, 0.15) is 5.69 Å². The van der Waals surface area contributed by atoms with Crippen LogP contribution in [0.15, 0.2) is 73.1 Å². The summed E-state index contributed by atoms with van der Waals surface area (Å²) in [6, 6.07) is 19.4. The van der Waals surface area contributed by atoms with Gasteiger partial charge in [0.05, 0.1) is 0 Å².